The molecule has 18 heavy (non-hydrogen) atoms. The molecule has 0 bridgehead atoms. The molecule has 1 aromatic heterocycles. The fourth-order valence-electron chi connectivity index (χ4n) is 2.42. The zero-order valence-electron chi connectivity index (χ0n) is 11.3. The number of aromatic nitrogens is 2. The van der Waals surface area contributed by atoms with Crippen molar-refractivity contribution in [1.29, 1.82) is 0 Å². The van der Waals surface area contributed by atoms with E-state index in [0.29, 0.717) is 11.8 Å². The van der Waals surface area contributed by atoms with E-state index in [2.05, 4.69) is 24.0 Å². The van der Waals surface area contributed by atoms with Gasteiger partial charge in [-0.25, -0.2) is 0 Å². The highest BCUT2D eigenvalue weighted by Crippen LogP contribution is 2.39. The van der Waals surface area contributed by atoms with Crippen LogP contribution in [0.4, 0.5) is 0 Å². The van der Waals surface area contributed by atoms with Gasteiger partial charge in [0.05, 0.1) is 11.2 Å². The SMILES string of the molecule is CCC(C)SCc1noc(C2(CN)CCCC2)n1. The lowest BCUT2D eigenvalue weighted by molar-refractivity contribution is 0.283. The maximum absolute atomic E-state index is 5.92. The molecule has 0 aliphatic heterocycles. The third-order valence-electron chi connectivity index (χ3n) is 3.95. The van der Waals surface area contributed by atoms with E-state index < -0.39 is 0 Å². The van der Waals surface area contributed by atoms with E-state index in [4.69, 9.17) is 10.3 Å². The van der Waals surface area contributed by atoms with Crippen LogP contribution in [-0.2, 0) is 11.2 Å². The van der Waals surface area contributed by atoms with Crippen LogP contribution in [0, 0.1) is 0 Å². The molecule has 0 radical (unpaired) electrons. The van der Waals surface area contributed by atoms with Crippen molar-refractivity contribution in [2.75, 3.05) is 6.54 Å². The highest BCUT2D eigenvalue weighted by molar-refractivity contribution is 7.99. The van der Waals surface area contributed by atoms with Gasteiger partial charge in [0.2, 0.25) is 5.89 Å². The number of nitrogens with two attached hydrogens (primary N) is 1. The van der Waals surface area contributed by atoms with Crippen molar-refractivity contribution in [1.82, 2.24) is 10.1 Å². The monoisotopic (exact) mass is 269 g/mol. The van der Waals surface area contributed by atoms with Gasteiger partial charge in [-0.05, 0) is 19.3 Å². The van der Waals surface area contributed by atoms with Crippen LogP contribution >= 0.6 is 11.8 Å². The molecule has 1 aliphatic rings. The summed E-state index contributed by atoms with van der Waals surface area (Å²) in [6.07, 6.45) is 5.78. The van der Waals surface area contributed by atoms with Gasteiger partial charge in [-0.15, -0.1) is 0 Å². The first-order chi connectivity index (χ1) is 8.70. The van der Waals surface area contributed by atoms with Crippen molar-refractivity contribution in [3.05, 3.63) is 11.7 Å². The summed E-state index contributed by atoms with van der Waals surface area (Å²) in [4.78, 5) is 4.56. The minimum Gasteiger partial charge on any atom is -0.339 e. The van der Waals surface area contributed by atoms with Crippen LogP contribution < -0.4 is 5.73 Å². The third kappa shape index (κ3) is 2.88. The normalized spacial score (nSPS) is 20.2. The summed E-state index contributed by atoms with van der Waals surface area (Å²) in [6.45, 7) is 5.04. The lowest BCUT2D eigenvalue weighted by Gasteiger charge is -2.21. The van der Waals surface area contributed by atoms with E-state index in [1.165, 1.54) is 19.3 Å². The van der Waals surface area contributed by atoms with Crippen molar-refractivity contribution in [3.8, 4) is 0 Å². The summed E-state index contributed by atoms with van der Waals surface area (Å²) >= 11 is 1.88. The molecule has 4 nitrogen and oxygen atoms in total. The maximum atomic E-state index is 5.92. The number of thioether (sulfide) groups is 1. The van der Waals surface area contributed by atoms with Gasteiger partial charge in [0.25, 0.3) is 0 Å². The summed E-state index contributed by atoms with van der Waals surface area (Å²) in [7, 11) is 0. The van der Waals surface area contributed by atoms with Gasteiger partial charge in [-0.1, -0.05) is 31.8 Å². The van der Waals surface area contributed by atoms with Crippen molar-refractivity contribution in [2.24, 2.45) is 5.73 Å². The summed E-state index contributed by atoms with van der Waals surface area (Å²) < 4.78 is 5.45. The van der Waals surface area contributed by atoms with Crippen molar-refractivity contribution < 1.29 is 4.52 Å². The molecule has 102 valence electrons. The predicted molar refractivity (Wildman–Crippen MR) is 74.5 cm³/mol. The minimum absolute atomic E-state index is 0.0354. The van der Waals surface area contributed by atoms with Gasteiger partial charge in [-0.3, -0.25) is 0 Å². The van der Waals surface area contributed by atoms with Crippen molar-refractivity contribution >= 4 is 11.8 Å². The molecule has 5 heteroatoms. The van der Waals surface area contributed by atoms with E-state index in [1.807, 2.05) is 11.8 Å². The predicted octanol–water partition coefficient (Wildman–Crippen LogP) is 2.87. The molecule has 1 saturated carbocycles. The number of rotatable bonds is 6. The smallest absolute Gasteiger partial charge is 0.234 e. The van der Waals surface area contributed by atoms with Crippen LogP contribution in [0.25, 0.3) is 0 Å². The van der Waals surface area contributed by atoms with Crippen LogP contribution in [0.1, 0.15) is 57.7 Å². The van der Waals surface area contributed by atoms with Gasteiger partial charge < -0.3 is 10.3 Å². The quantitative estimate of drug-likeness (QED) is 0.860. The van der Waals surface area contributed by atoms with Crippen LogP contribution in [0.3, 0.4) is 0 Å². The second-order valence-corrected chi connectivity index (χ2v) is 6.66. The van der Waals surface area contributed by atoms with Gasteiger partial charge in [0.1, 0.15) is 0 Å². The average Bonchev–Trinajstić information content (AvgIpc) is 3.05. The molecule has 0 aromatic carbocycles. The highest BCUT2D eigenvalue weighted by Gasteiger charge is 2.39. The Balaban J connectivity index is 2.01. The standard InChI is InChI=1S/C13H23N3OS/c1-3-10(2)18-8-11-15-12(17-16-11)13(9-14)6-4-5-7-13/h10H,3-9,14H2,1-2H3. The third-order valence-corrected chi connectivity index (χ3v) is 5.27. The molecule has 2 N–H and O–H groups in total. The van der Waals surface area contributed by atoms with Gasteiger partial charge >= 0.3 is 0 Å². The highest BCUT2D eigenvalue weighted by atomic mass is 32.2. The Morgan fingerprint density at radius 3 is 2.78 bits per heavy atom. The first-order valence-electron chi connectivity index (χ1n) is 6.85. The zero-order chi connectivity index (χ0) is 13.0. The number of hydrogen-bond donors (Lipinski definition) is 1. The molecule has 1 aliphatic carbocycles. The summed E-state index contributed by atoms with van der Waals surface area (Å²) in [5.41, 5.74) is 5.89. The van der Waals surface area contributed by atoms with Crippen LogP contribution in [0.2, 0.25) is 0 Å². The number of nitrogens with zero attached hydrogens (tertiary/aromatic N) is 2. The van der Waals surface area contributed by atoms with Crippen molar-refractivity contribution in [2.45, 2.75) is 62.4 Å². The molecule has 1 aromatic rings. The molecule has 0 amide bonds. The molecule has 1 unspecified atom stereocenters. The Hall–Kier alpha value is -0.550. The van der Waals surface area contributed by atoms with Crippen molar-refractivity contribution in [3.63, 3.8) is 0 Å². The summed E-state index contributed by atoms with van der Waals surface area (Å²) in [5, 5.41) is 4.74. The lowest BCUT2D eigenvalue weighted by Crippen LogP contribution is -2.32. The Bertz CT molecular complexity index is 374. The van der Waals surface area contributed by atoms with Gasteiger partial charge in [0.15, 0.2) is 5.82 Å². The molecule has 1 heterocycles. The molecular weight excluding hydrogens is 246 g/mol. The van der Waals surface area contributed by atoms with E-state index in [1.54, 1.807) is 0 Å². The minimum atomic E-state index is -0.0354. The maximum Gasteiger partial charge on any atom is 0.234 e. The van der Waals surface area contributed by atoms with Crippen LogP contribution in [0.5, 0.6) is 0 Å². The zero-order valence-corrected chi connectivity index (χ0v) is 12.1. The molecule has 1 atom stereocenters. The van der Waals surface area contributed by atoms with E-state index >= 15 is 0 Å². The fourth-order valence-corrected chi connectivity index (χ4v) is 3.21. The number of hydrogen-bond acceptors (Lipinski definition) is 5. The molecule has 0 saturated heterocycles. The topological polar surface area (TPSA) is 64.9 Å². The molecule has 0 spiro atoms. The fraction of sp³-hybridized carbons (Fsp3) is 0.846. The lowest BCUT2D eigenvalue weighted by atomic mass is 9.86. The van der Waals surface area contributed by atoms with E-state index in [0.717, 1.165) is 30.3 Å². The van der Waals surface area contributed by atoms with E-state index in [-0.39, 0.29) is 5.41 Å². The first-order valence-corrected chi connectivity index (χ1v) is 7.90. The van der Waals surface area contributed by atoms with Crippen LogP contribution in [0.15, 0.2) is 4.52 Å². The van der Waals surface area contributed by atoms with Gasteiger partial charge in [-0.2, -0.15) is 16.7 Å². The molecule has 2 rings (SSSR count). The summed E-state index contributed by atoms with van der Waals surface area (Å²) in [6, 6.07) is 0. The van der Waals surface area contributed by atoms with Gasteiger partial charge in [0, 0.05) is 11.8 Å². The Morgan fingerprint density at radius 2 is 2.17 bits per heavy atom. The van der Waals surface area contributed by atoms with Crippen LogP contribution in [-0.4, -0.2) is 21.9 Å². The Kier molecular flexibility index (Phi) is 4.67. The molecule has 1 fully saturated rings. The molecular formula is C13H23N3OS. The second-order valence-electron chi connectivity index (χ2n) is 5.24. The Morgan fingerprint density at radius 1 is 1.44 bits per heavy atom. The Labute approximate surface area is 113 Å². The summed E-state index contributed by atoms with van der Waals surface area (Å²) in [5.74, 6) is 2.41. The second kappa shape index (κ2) is 6.06. The largest absolute Gasteiger partial charge is 0.339 e. The first kappa shape index (κ1) is 13.9. The average molecular weight is 269 g/mol. The van der Waals surface area contributed by atoms with E-state index in [9.17, 15) is 0 Å².